The maximum atomic E-state index is 12.5. The van der Waals surface area contributed by atoms with Gasteiger partial charge in [0.05, 0.1) is 48.9 Å². The minimum atomic E-state index is -0.571. The first-order chi connectivity index (χ1) is 19.7. The first-order valence-corrected chi connectivity index (χ1v) is 14.3. The van der Waals surface area contributed by atoms with Crippen molar-refractivity contribution in [2.24, 2.45) is 0 Å². The molecule has 0 radical (unpaired) electrons. The summed E-state index contributed by atoms with van der Waals surface area (Å²) >= 11 is 6.47. The fraction of sp³-hybridized carbons (Fsp3) is 0.517. The molecule has 0 aliphatic carbocycles. The predicted octanol–water partition coefficient (Wildman–Crippen LogP) is 5.19. The molecule has 222 valence electrons. The number of rotatable bonds is 11. The van der Waals surface area contributed by atoms with Crippen LogP contribution in [0.2, 0.25) is 5.02 Å². The number of morpholine rings is 1. The molecule has 2 N–H and O–H groups in total. The number of aryl methyl sites for hydroxylation is 2. The van der Waals surface area contributed by atoms with E-state index in [0.717, 1.165) is 17.5 Å². The van der Waals surface area contributed by atoms with Crippen molar-refractivity contribution in [1.29, 1.82) is 0 Å². The van der Waals surface area contributed by atoms with E-state index in [4.69, 9.17) is 40.3 Å². The summed E-state index contributed by atoms with van der Waals surface area (Å²) in [6, 6.07) is 5.01. The van der Waals surface area contributed by atoms with E-state index in [1.807, 2.05) is 27.7 Å². The van der Waals surface area contributed by atoms with Crippen LogP contribution in [0.1, 0.15) is 43.7 Å². The summed E-state index contributed by atoms with van der Waals surface area (Å²) in [5.74, 6) is 2.14. The van der Waals surface area contributed by atoms with Crippen LogP contribution in [0.3, 0.4) is 0 Å². The molecule has 2 atom stereocenters. The van der Waals surface area contributed by atoms with Crippen molar-refractivity contribution < 1.29 is 28.6 Å². The minimum absolute atomic E-state index is 0.153. The van der Waals surface area contributed by atoms with Gasteiger partial charge in [-0.2, -0.15) is 0 Å². The number of aromatic nitrogens is 3. The highest BCUT2D eigenvalue weighted by atomic mass is 35.5. The second-order valence-corrected chi connectivity index (χ2v) is 10.4. The number of halogens is 1. The molecule has 1 saturated heterocycles. The molecular weight excluding hydrogens is 550 g/mol. The lowest BCUT2D eigenvalue weighted by Gasteiger charge is -2.35. The van der Waals surface area contributed by atoms with Gasteiger partial charge in [0.25, 0.3) is 0 Å². The van der Waals surface area contributed by atoms with Gasteiger partial charge in [-0.15, -0.1) is 0 Å². The zero-order chi connectivity index (χ0) is 29.5. The number of carbonyl (C=O) groups is 1. The Kier molecular flexibility index (Phi) is 10.4. The zero-order valence-electron chi connectivity index (χ0n) is 24.2. The molecule has 1 aliphatic rings. The van der Waals surface area contributed by atoms with Crippen LogP contribution in [0, 0.1) is 20.8 Å². The molecule has 1 fully saturated rings. The Hall–Kier alpha value is -3.41. The van der Waals surface area contributed by atoms with Crippen LogP contribution in [0.5, 0.6) is 5.75 Å². The van der Waals surface area contributed by atoms with Crippen LogP contribution < -0.4 is 10.1 Å². The SMILES string of the molecule is CCCC(O)COc1cc(Cl)cc(-c2nc(NC[C@H]3COCCN3C(=O)OCC)c(C)c(-c3c(C)noc3C)n2)c1. The van der Waals surface area contributed by atoms with Gasteiger partial charge in [0.1, 0.15) is 23.9 Å². The lowest BCUT2D eigenvalue weighted by molar-refractivity contribution is -0.00379. The van der Waals surface area contributed by atoms with Crippen molar-refractivity contribution in [3.05, 3.63) is 40.2 Å². The summed E-state index contributed by atoms with van der Waals surface area (Å²) in [7, 11) is 0. The number of nitrogens with one attached hydrogen (secondary N) is 1. The molecule has 12 heteroatoms. The van der Waals surface area contributed by atoms with Crippen LogP contribution in [0.15, 0.2) is 22.7 Å². The number of benzene rings is 1. The van der Waals surface area contributed by atoms with Gasteiger partial charge in [0.2, 0.25) is 0 Å². The quantitative estimate of drug-likeness (QED) is 0.309. The number of hydrogen-bond acceptors (Lipinski definition) is 10. The monoisotopic (exact) mass is 587 g/mol. The average molecular weight is 588 g/mol. The molecule has 0 bridgehead atoms. The molecule has 1 amide bonds. The van der Waals surface area contributed by atoms with Crippen molar-refractivity contribution >= 4 is 23.5 Å². The Balaban J connectivity index is 1.70. The standard InChI is InChI=1S/C29H38ClN5O6/c1-6-8-23(36)16-40-24-12-20(11-21(30)13-24)28-32-26(25-18(4)34-41-19(25)5)17(3)27(33-28)31-14-22-15-38-10-9-35(22)29(37)39-7-2/h11-13,22-23,36H,6-10,14-16H2,1-5H3,(H,31,32,33)/t22-,23?/m0/s1. The highest BCUT2D eigenvalue weighted by Gasteiger charge is 2.29. The molecule has 0 spiro atoms. The van der Waals surface area contributed by atoms with E-state index in [9.17, 15) is 9.90 Å². The molecule has 1 aromatic carbocycles. The van der Waals surface area contributed by atoms with Crippen LogP contribution >= 0.6 is 11.6 Å². The van der Waals surface area contributed by atoms with Crippen LogP contribution in [0.25, 0.3) is 22.6 Å². The van der Waals surface area contributed by atoms with Crippen LogP contribution in [-0.2, 0) is 9.47 Å². The van der Waals surface area contributed by atoms with Crippen molar-refractivity contribution in [2.45, 2.75) is 59.6 Å². The number of aliphatic hydroxyl groups is 1. The largest absolute Gasteiger partial charge is 0.491 e. The van der Waals surface area contributed by atoms with Crippen LogP contribution in [-0.4, -0.2) is 82.9 Å². The van der Waals surface area contributed by atoms with Crippen molar-refractivity contribution in [2.75, 3.05) is 44.8 Å². The van der Waals surface area contributed by atoms with E-state index in [1.54, 1.807) is 30.0 Å². The lowest BCUT2D eigenvalue weighted by Crippen LogP contribution is -2.52. The Labute approximate surface area is 245 Å². The van der Waals surface area contributed by atoms with Crippen molar-refractivity contribution in [3.8, 4) is 28.4 Å². The fourth-order valence-corrected chi connectivity index (χ4v) is 4.98. The van der Waals surface area contributed by atoms with Gasteiger partial charge in [-0.3, -0.25) is 4.90 Å². The highest BCUT2D eigenvalue weighted by Crippen LogP contribution is 2.35. The summed E-state index contributed by atoms with van der Waals surface area (Å²) in [5, 5.41) is 18.1. The third-order valence-corrected chi connectivity index (χ3v) is 7.06. The van der Waals surface area contributed by atoms with Gasteiger partial charge in [-0.25, -0.2) is 14.8 Å². The molecule has 0 saturated carbocycles. The van der Waals surface area contributed by atoms with Gasteiger partial charge < -0.3 is 29.2 Å². The fourth-order valence-electron chi connectivity index (χ4n) is 4.75. The van der Waals surface area contributed by atoms with E-state index < -0.39 is 6.10 Å². The average Bonchev–Trinajstić information content (AvgIpc) is 3.28. The van der Waals surface area contributed by atoms with E-state index in [0.29, 0.717) is 84.5 Å². The van der Waals surface area contributed by atoms with Gasteiger partial charge in [-0.1, -0.05) is 30.1 Å². The van der Waals surface area contributed by atoms with Crippen LogP contribution in [0.4, 0.5) is 10.6 Å². The third-order valence-electron chi connectivity index (χ3n) is 6.84. The summed E-state index contributed by atoms with van der Waals surface area (Å²) in [5.41, 5.74) is 3.59. The molecule has 2 aromatic heterocycles. The number of anilines is 1. The van der Waals surface area contributed by atoms with Crippen molar-refractivity contribution in [3.63, 3.8) is 0 Å². The molecule has 3 heterocycles. The molecule has 1 aliphatic heterocycles. The molecule has 41 heavy (non-hydrogen) atoms. The Morgan fingerprint density at radius 3 is 2.76 bits per heavy atom. The Morgan fingerprint density at radius 1 is 1.24 bits per heavy atom. The number of aliphatic hydroxyl groups excluding tert-OH is 1. The molecular formula is C29H38ClN5O6. The second kappa shape index (κ2) is 14.0. The topological polar surface area (TPSA) is 132 Å². The van der Waals surface area contributed by atoms with Gasteiger partial charge in [0, 0.05) is 29.2 Å². The molecule has 11 nitrogen and oxygen atoms in total. The lowest BCUT2D eigenvalue weighted by atomic mass is 10.0. The summed E-state index contributed by atoms with van der Waals surface area (Å²) in [6.45, 7) is 11.5. The number of ether oxygens (including phenoxy) is 3. The second-order valence-electron chi connectivity index (χ2n) is 10.00. The first kappa shape index (κ1) is 30.5. The summed E-state index contributed by atoms with van der Waals surface area (Å²) < 4.78 is 22.2. The van der Waals surface area contributed by atoms with Gasteiger partial charge >= 0.3 is 6.09 Å². The maximum absolute atomic E-state index is 12.5. The normalized spacial score (nSPS) is 16.0. The number of nitrogens with zero attached hydrogens (tertiary/aromatic N) is 4. The Bertz CT molecular complexity index is 1330. The van der Waals surface area contributed by atoms with E-state index in [2.05, 4.69) is 10.5 Å². The third kappa shape index (κ3) is 7.46. The number of carbonyl (C=O) groups excluding carboxylic acids is 1. The summed E-state index contributed by atoms with van der Waals surface area (Å²) in [4.78, 5) is 24.0. The minimum Gasteiger partial charge on any atom is -0.491 e. The molecule has 3 aromatic rings. The maximum Gasteiger partial charge on any atom is 0.410 e. The zero-order valence-corrected chi connectivity index (χ0v) is 25.0. The van der Waals surface area contributed by atoms with Gasteiger partial charge in [-0.05, 0) is 52.3 Å². The smallest absolute Gasteiger partial charge is 0.410 e. The molecule has 4 rings (SSSR count). The molecule has 1 unspecified atom stereocenters. The number of amides is 1. The van der Waals surface area contributed by atoms with Crippen molar-refractivity contribution in [1.82, 2.24) is 20.0 Å². The first-order valence-electron chi connectivity index (χ1n) is 13.9. The highest BCUT2D eigenvalue weighted by molar-refractivity contribution is 6.31. The Morgan fingerprint density at radius 2 is 2.05 bits per heavy atom. The number of hydrogen-bond donors (Lipinski definition) is 2. The summed E-state index contributed by atoms with van der Waals surface area (Å²) in [6.07, 6.45) is 0.560. The van der Waals surface area contributed by atoms with Gasteiger partial charge in [0.15, 0.2) is 5.82 Å². The van der Waals surface area contributed by atoms with E-state index in [-0.39, 0.29) is 18.7 Å². The van der Waals surface area contributed by atoms with E-state index >= 15 is 0 Å². The predicted molar refractivity (Wildman–Crippen MR) is 155 cm³/mol. The van der Waals surface area contributed by atoms with E-state index in [1.165, 1.54) is 0 Å².